The molecule has 1 amide bonds. The highest BCUT2D eigenvalue weighted by Gasteiger charge is 2.26. The van der Waals surface area contributed by atoms with Crippen LogP contribution in [-0.2, 0) is 18.2 Å². The van der Waals surface area contributed by atoms with Crippen LogP contribution < -0.4 is 0 Å². The van der Waals surface area contributed by atoms with Crippen molar-refractivity contribution in [1.29, 1.82) is 0 Å². The van der Waals surface area contributed by atoms with Gasteiger partial charge in [0.1, 0.15) is 0 Å². The Morgan fingerprint density at radius 3 is 2.90 bits per heavy atom. The predicted molar refractivity (Wildman–Crippen MR) is 106 cm³/mol. The molecule has 1 aromatic carbocycles. The first kappa shape index (κ1) is 19.3. The van der Waals surface area contributed by atoms with Gasteiger partial charge in [-0.3, -0.25) is 9.48 Å². The van der Waals surface area contributed by atoms with Gasteiger partial charge >= 0.3 is 0 Å². The lowest BCUT2D eigenvalue weighted by Gasteiger charge is -2.32. The van der Waals surface area contributed by atoms with Crippen molar-refractivity contribution in [2.45, 2.75) is 32.3 Å². The van der Waals surface area contributed by atoms with Crippen LogP contribution in [-0.4, -0.2) is 56.5 Å². The van der Waals surface area contributed by atoms with E-state index in [2.05, 4.69) is 15.2 Å². The lowest BCUT2D eigenvalue weighted by molar-refractivity contribution is 0.00230. The molecule has 8 heteroatoms. The molecule has 3 aromatic rings. The standard InChI is InChI=1S/C21H25N5O3/c1-15-13-18(23-25(15)2)21(27)26-11-6-9-17(14-26)28-12-10-19-22-20(29-24-19)16-7-4-3-5-8-16/h3-5,7-8,13,17H,6,9-12,14H2,1-2H3. The summed E-state index contributed by atoms with van der Waals surface area (Å²) in [5, 5.41) is 8.32. The van der Waals surface area contributed by atoms with Gasteiger partial charge in [0.25, 0.3) is 11.8 Å². The van der Waals surface area contributed by atoms with Crippen molar-refractivity contribution in [3.63, 3.8) is 0 Å². The maximum atomic E-state index is 12.7. The lowest BCUT2D eigenvalue weighted by Crippen LogP contribution is -2.43. The molecule has 1 aliphatic rings. The molecule has 0 saturated carbocycles. The van der Waals surface area contributed by atoms with Gasteiger partial charge < -0.3 is 14.2 Å². The summed E-state index contributed by atoms with van der Waals surface area (Å²) >= 11 is 0. The van der Waals surface area contributed by atoms with Crippen LogP contribution in [0.15, 0.2) is 40.9 Å². The number of hydrogen-bond acceptors (Lipinski definition) is 6. The van der Waals surface area contributed by atoms with Crippen LogP contribution in [0.2, 0.25) is 0 Å². The number of aryl methyl sites for hydroxylation is 2. The summed E-state index contributed by atoms with van der Waals surface area (Å²) in [6, 6.07) is 11.5. The second-order valence-corrected chi connectivity index (χ2v) is 7.31. The Morgan fingerprint density at radius 2 is 2.14 bits per heavy atom. The fourth-order valence-corrected chi connectivity index (χ4v) is 3.46. The van der Waals surface area contributed by atoms with Crippen LogP contribution in [0.25, 0.3) is 11.5 Å². The van der Waals surface area contributed by atoms with Crippen molar-refractivity contribution in [3.8, 4) is 11.5 Å². The van der Waals surface area contributed by atoms with Crippen LogP contribution in [0.5, 0.6) is 0 Å². The summed E-state index contributed by atoms with van der Waals surface area (Å²) in [4.78, 5) is 19.0. The number of ether oxygens (including phenoxy) is 1. The van der Waals surface area contributed by atoms with E-state index in [4.69, 9.17) is 9.26 Å². The van der Waals surface area contributed by atoms with E-state index < -0.39 is 0 Å². The van der Waals surface area contributed by atoms with E-state index in [1.54, 1.807) is 4.68 Å². The molecule has 1 fully saturated rings. The highest BCUT2D eigenvalue weighted by Crippen LogP contribution is 2.18. The Morgan fingerprint density at radius 1 is 1.31 bits per heavy atom. The molecule has 0 spiro atoms. The maximum absolute atomic E-state index is 12.7. The first-order valence-corrected chi connectivity index (χ1v) is 9.89. The second-order valence-electron chi connectivity index (χ2n) is 7.31. The van der Waals surface area contributed by atoms with E-state index in [0.717, 1.165) is 30.6 Å². The summed E-state index contributed by atoms with van der Waals surface area (Å²) in [6.07, 6.45) is 2.44. The number of nitrogens with zero attached hydrogens (tertiary/aromatic N) is 5. The van der Waals surface area contributed by atoms with Gasteiger partial charge in [-0.2, -0.15) is 10.1 Å². The van der Waals surface area contributed by atoms with E-state index in [-0.39, 0.29) is 12.0 Å². The molecule has 152 valence electrons. The molecule has 29 heavy (non-hydrogen) atoms. The lowest BCUT2D eigenvalue weighted by atomic mass is 10.1. The SMILES string of the molecule is Cc1cc(C(=O)N2CCCC(OCCc3noc(-c4ccccc4)n3)C2)nn1C. The predicted octanol–water partition coefficient (Wildman–Crippen LogP) is 2.64. The molecule has 0 bridgehead atoms. The third kappa shape index (κ3) is 4.54. The number of likely N-dealkylation sites (tertiary alicyclic amines) is 1. The summed E-state index contributed by atoms with van der Waals surface area (Å²) in [7, 11) is 1.84. The summed E-state index contributed by atoms with van der Waals surface area (Å²) < 4.78 is 13.1. The zero-order chi connectivity index (χ0) is 20.2. The molecule has 0 N–H and O–H groups in total. The molecule has 4 rings (SSSR count). The van der Waals surface area contributed by atoms with Crippen LogP contribution in [0.4, 0.5) is 0 Å². The topological polar surface area (TPSA) is 86.3 Å². The molecule has 1 atom stereocenters. The Hall–Kier alpha value is -3.00. The van der Waals surface area contributed by atoms with Crippen LogP contribution in [0, 0.1) is 6.92 Å². The summed E-state index contributed by atoms with van der Waals surface area (Å²) in [5.74, 6) is 1.10. The quantitative estimate of drug-likeness (QED) is 0.638. The second kappa shape index (κ2) is 8.57. The van der Waals surface area contributed by atoms with Crippen molar-refractivity contribution in [2.75, 3.05) is 19.7 Å². The number of benzene rings is 1. The monoisotopic (exact) mass is 395 g/mol. The Kier molecular flexibility index (Phi) is 5.71. The number of carbonyl (C=O) groups is 1. The van der Waals surface area contributed by atoms with Crippen LogP contribution in [0.3, 0.4) is 0 Å². The fourth-order valence-electron chi connectivity index (χ4n) is 3.46. The fraction of sp³-hybridized carbons (Fsp3) is 0.429. The maximum Gasteiger partial charge on any atom is 0.274 e. The minimum absolute atomic E-state index is 0.0120. The van der Waals surface area contributed by atoms with Gasteiger partial charge in [0.15, 0.2) is 11.5 Å². The molecule has 3 heterocycles. The first-order valence-electron chi connectivity index (χ1n) is 9.89. The van der Waals surface area contributed by atoms with E-state index in [1.165, 1.54) is 0 Å². The average molecular weight is 395 g/mol. The van der Waals surface area contributed by atoms with Crippen molar-refractivity contribution in [3.05, 3.63) is 53.6 Å². The molecule has 1 unspecified atom stereocenters. The normalized spacial score (nSPS) is 16.9. The number of aromatic nitrogens is 4. The van der Waals surface area contributed by atoms with E-state index in [1.807, 2.05) is 55.3 Å². The van der Waals surface area contributed by atoms with Crippen molar-refractivity contribution in [1.82, 2.24) is 24.8 Å². The Bertz CT molecular complexity index is 946. The van der Waals surface area contributed by atoms with Crippen molar-refractivity contribution < 1.29 is 14.1 Å². The van der Waals surface area contributed by atoms with E-state index in [0.29, 0.717) is 37.0 Å². The Balaban J connectivity index is 1.28. The highest BCUT2D eigenvalue weighted by atomic mass is 16.5. The highest BCUT2D eigenvalue weighted by molar-refractivity contribution is 5.92. The zero-order valence-electron chi connectivity index (χ0n) is 16.7. The molecule has 2 aromatic heterocycles. The molecule has 8 nitrogen and oxygen atoms in total. The van der Waals surface area contributed by atoms with Crippen LogP contribution >= 0.6 is 0 Å². The van der Waals surface area contributed by atoms with Gasteiger partial charge in [-0.1, -0.05) is 23.4 Å². The number of amides is 1. The Labute approximate surface area is 169 Å². The van der Waals surface area contributed by atoms with E-state index in [9.17, 15) is 4.79 Å². The average Bonchev–Trinajstić information content (AvgIpc) is 3.35. The molecule has 0 aliphatic carbocycles. The summed E-state index contributed by atoms with van der Waals surface area (Å²) in [6.45, 7) is 3.74. The molecular weight excluding hydrogens is 370 g/mol. The molecular formula is C21H25N5O3. The number of rotatable bonds is 6. The van der Waals surface area contributed by atoms with Gasteiger partial charge in [0.05, 0.1) is 12.7 Å². The third-order valence-corrected chi connectivity index (χ3v) is 5.17. The van der Waals surface area contributed by atoms with Crippen molar-refractivity contribution in [2.24, 2.45) is 7.05 Å². The third-order valence-electron chi connectivity index (χ3n) is 5.17. The van der Waals surface area contributed by atoms with E-state index >= 15 is 0 Å². The van der Waals surface area contributed by atoms with Gasteiger partial charge in [-0.05, 0) is 38.0 Å². The van der Waals surface area contributed by atoms with Crippen molar-refractivity contribution >= 4 is 5.91 Å². The molecule has 1 saturated heterocycles. The van der Waals surface area contributed by atoms with Gasteiger partial charge in [-0.25, -0.2) is 0 Å². The first-order chi connectivity index (χ1) is 14.1. The van der Waals surface area contributed by atoms with Gasteiger partial charge in [0, 0.05) is 37.8 Å². The zero-order valence-corrected chi connectivity index (χ0v) is 16.7. The number of carbonyl (C=O) groups excluding carboxylic acids is 1. The van der Waals surface area contributed by atoms with Crippen LogP contribution in [0.1, 0.15) is 34.8 Å². The largest absolute Gasteiger partial charge is 0.376 e. The molecule has 0 radical (unpaired) electrons. The minimum atomic E-state index is -0.0346. The smallest absolute Gasteiger partial charge is 0.274 e. The van der Waals surface area contributed by atoms with Gasteiger partial charge in [-0.15, -0.1) is 0 Å². The molecule has 1 aliphatic heterocycles. The minimum Gasteiger partial charge on any atom is -0.376 e. The summed E-state index contributed by atoms with van der Waals surface area (Å²) in [5.41, 5.74) is 2.36. The number of piperidine rings is 1. The number of hydrogen-bond donors (Lipinski definition) is 0. The van der Waals surface area contributed by atoms with Gasteiger partial charge in [0.2, 0.25) is 0 Å².